The van der Waals surface area contributed by atoms with Crippen LogP contribution in [0, 0.1) is 0 Å². The third-order valence-corrected chi connectivity index (χ3v) is 1.99. The summed E-state index contributed by atoms with van der Waals surface area (Å²) < 4.78 is 0. The maximum absolute atomic E-state index is 8.79. The summed E-state index contributed by atoms with van der Waals surface area (Å²) in [6.07, 6.45) is 3.02. The van der Waals surface area contributed by atoms with Gasteiger partial charge in [0, 0.05) is 0 Å². The Balaban J connectivity index is 0.00000169. The molecule has 1 aromatic rings. The summed E-state index contributed by atoms with van der Waals surface area (Å²) in [4.78, 5) is 0. The van der Waals surface area contributed by atoms with Crippen LogP contribution in [0.2, 0.25) is 0 Å². The molecule has 0 aliphatic rings. The van der Waals surface area contributed by atoms with E-state index >= 15 is 0 Å². The van der Waals surface area contributed by atoms with Crippen molar-refractivity contribution in [3.8, 4) is 0 Å². The first kappa shape index (κ1) is 13.7. The van der Waals surface area contributed by atoms with E-state index in [-0.39, 0.29) is 29.6 Å². The summed E-state index contributed by atoms with van der Waals surface area (Å²) in [6.45, 7) is 2.12. The standard InChI is InChI=1S/C11H15NO.Na/c1-2-3-9-11(12-13)10-7-5-4-6-8-10;/h4-8,13H,2-3,9H2,1H3;/q;+1/b12-11-;. The van der Waals surface area contributed by atoms with Crippen molar-refractivity contribution < 1.29 is 34.8 Å². The van der Waals surface area contributed by atoms with Gasteiger partial charge in [0.05, 0.1) is 5.71 Å². The Morgan fingerprint density at radius 2 is 1.93 bits per heavy atom. The van der Waals surface area contributed by atoms with Gasteiger partial charge < -0.3 is 5.21 Å². The Labute approximate surface area is 107 Å². The largest absolute Gasteiger partial charge is 1.00 e. The molecule has 0 aliphatic heterocycles. The molecule has 1 rings (SSSR count). The quantitative estimate of drug-likeness (QED) is 0.317. The van der Waals surface area contributed by atoms with Crippen molar-refractivity contribution in [1.82, 2.24) is 0 Å². The minimum absolute atomic E-state index is 0. The molecule has 70 valence electrons. The van der Waals surface area contributed by atoms with Gasteiger partial charge in [0.15, 0.2) is 0 Å². The summed E-state index contributed by atoms with van der Waals surface area (Å²) in [7, 11) is 0. The molecule has 0 saturated carbocycles. The van der Waals surface area contributed by atoms with E-state index in [1.807, 2.05) is 30.3 Å². The normalized spacial score (nSPS) is 10.8. The van der Waals surface area contributed by atoms with E-state index in [0.717, 1.165) is 30.5 Å². The van der Waals surface area contributed by atoms with Crippen molar-refractivity contribution in [3.05, 3.63) is 35.9 Å². The fourth-order valence-corrected chi connectivity index (χ4v) is 1.23. The van der Waals surface area contributed by atoms with E-state index in [1.54, 1.807) is 0 Å². The molecule has 0 aromatic heterocycles. The van der Waals surface area contributed by atoms with E-state index in [1.165, 1.54) is 0 Å². The van der Waals surface area contributed by atoms with Gasteiger partial charge in [0.1, 0.15) is 0 Å². The Kier molecular flexibility index (Phi) is 7.86. The third-order valence-electron chi connectivity index (χ3n) is 1.99. The monoisotopic (exact) mass is 200 g/mol. The van der Waals surface area contributed by atoms with Crippen LogP contribution in [0.1, 0.15) is 31.7 Å². The zero-order valence-electron chi connectivity index (χ0n) is 8.90. The van der Waals surface area contributed by atoms with Crippen molar-refractivity contribution in [2.75, 3.05) is 0 Å². The first-order valence-corrected chi connectivity index (χ1v) is 4.64. The zero-order chi connectivity index (χ0) is 9.52. The number of unbranched alkanes of at least 4 members (excludes halogenated alkanes) is 1. The third kappa shape index (κ3) is 4.27. The van der Waals surface area contributed by atoms with Gasteiger partial charge in [-0.2, -0.15) is 0 Å². The smallest absolute Gasteiger partial charge is 0.411 e. The van der Waals surface area contributed by atoms with Crippen LogP contribution in [-0.4, -0.2) is 10.9 Å². The summed E-state index contributed by atoms with van der Waals surface area (Å²) >= 11 is 0. The molecule has 0 atom stereocenters. The van der Waals surface area contributed by atoms with Gasteiger partial charge in [-0.05, 0) is 18.4 Å². The fourth-order valence-electron chi connectivity index (χ4n) is 1.23. The molecule has 0 radical (unpaired) electrons. The maximum Gasteiger partial charge on any atom is 1.00 e. The van der Waals surface area contributed by atoms with Gasteiger partial charge in [-0.15, -0.1) is 0 Å². The molecule has 0 aliphatic carbocycles. The van der Waals surface area contributed by atoms with E-state index in [4.69, 9.17) is 5.21 Å². The number of benzene rings is 1. The minimum atomic E-state index is 0. The average Bonchev–Trinajstić information content (AvgIpc) is 2.21. The molecule has 1 N–H and O–H groups in total. The fraction of sp³-hybridized carbons (Fsp3) is 0.364. The van der Waals surface area contributed by atoms with Crippen molar-refractivity contribution in [3.63, 3.8) is 0 Å². The topological polar surface area (TPSA) is 32.6 Å². The number of hydrogen-bond acceptors (Lipinski definition) is 2. The maximum atomic E-state index is 8.79. The van der Waals surface area contributed by atoms with Crippen molar-refractivity contribution in [2.45, 2.75) is 26.2 Å². The second-order valence-electron chi connectivity index (χ2n) is 3.02. The van der Waals surface area contributed by atoms with Crippen LogP contribution < -0.4 is 29.6 Å². The van der Waals surface area contributed by atoms with Gasteiger partial charge >= 0.3 is 29.6 Å². The zero-order valence-corrected chi connectivity index (χ0v) is 10.9. The molecule has 0 amide bonds. The molecule has 0 saturated heterocycles. The molecule has 0 spiro atoms. The van der Waals surface area contributed by atoms with E-state index in [9.17, 15) is 0 Å². The number of hydrogen-bond donors (Lipinski definition) is 1. The molecule has 2 nitrogen and oxygen atoms in total. The summed E-state index contributed by atoms with van der Waals surface area (Å²) in [6, 6.07) is 9.78. The van der Waals surface area contributed by atoms with Crippen LogP contribution in [-0.2, 0) is 0 Å². The Bertz CT molecular complexity index is 272. The molecule has 3 heteroatoms. The van der Waals surface area contributed by atoms with Crippen LogP contribution in [0.5, 0.6) is 0 Å². The molecule has 0 fully saturated rings. The Hall–Kier alpha value is -0.310. The Morgan fingerprint density at radius 1 is 1.29 bits per heavy atom. The summed E-state index contributed by atoms with van der Waals surface area (Å²) in [5, 5.41) is 12.1. The average molecular weight is 200 g/mol. The minimum Gasteiger partial charge on any atom is -0.411 e. The molecule has 1 aromatic carbocycles. The summed E-state index contributed by atoms with van der Waals surface area (Å²) in [5.74, 6) is 0. The summed E-state index contributed by atoms with van der Waals surface area (Å²) in [5.41, 5.74) is 1.79. The SMILES string of the molecule is CCCC/C(=N/O)c1ccccc1.[Na+]. The predicted molar refractivity (Wildman–Crippen MR) is 54.3 cm³/mol. The second kappa shape index (κ2) is 8.04. The van der Waals surface area contributed by atoms with Crippen molar-refractivity contribution in [1.29, 1.82) is 0 Å². The van der Waals surface area contributed by atoms with Crippen LogP contribution in [0.25, 0.3) is 0 Å². The first-order chi connectivity index (χ1) is 6.38. The number of oxime groups is 1. The van der Waals surface area contributed by atoms with Gasteiger partial charge in [-0.25, -0.2) is 0 Å². The van der Waals surface area contributed by atoms with Gasteiger partial charge in [0.2, 0.25) is 0 Å². The number of rotatable bonds is 4. The molecule has 0 unspecified atom stereocenters. The van der Waals surface area contributed by atoms with Crippen LogP contribution in [0.15, 0.2) is 35.5 Å². The van der Waals surface area contributed by atoms with Crippen molar-refractivity contribution in [2.24, 2.45) is 5.16 Å². The molecule has 0 bridgehead atoms. The van der Waals surface area contributed by atoms with E-state index in [2.05, 4.69) is 12.1 Å². The van der Waals surface area contributed by atoms with Crippen LogP contribution >= 0.6 is 0 Å². The van der Waals surface area contributed by atoms with E-state index < -0.39 is 0 Å². The molecular weight excluding hydrogens is 185 g/mol. The van der Waals surface area contributed by atoms with Crippen LogP contribution in [0.4, 0.5) is 0 Å². The van der Waals surface area contributed by atoms with Crippen LogP contribution in [0.3, 0.4) is 0 Å². The molecule has 14 heavy (non-hydrogen) atoms. The second-order valence-corrected chi connectivity index (χ2v) is 3.02. The van der Waals surface area contributed by atoms with Gasteiger partial charge in [0.25, 0.3) is 0 Å². The molecule has 0 heterocycles. The van der Waals surface area contributed by atoms with E-state index in [0.29, 0.717) is 0 Å². The molecular formula is C11H15NNaO+. The number of nitrogens with zero attached hydrogens (tertiary/aromatic N) is 1. The predicted octanol–water partition coefficient (Wildman–Crippen LogP) is 0.0591. The Morgan fingerprint density at radius 3 is 2.43 bits per heavy atom. The van der Waals surface area contributed by atoms with Crippen molar-refractivity contribution >= 4 is 5.71 Å². The first-order valence-electron chi connectivity index (χ1n) is 4.64. The van der Waals surface area contributed by atoms with Gasteiger partial charge in [-0.3, -0.25) is 0 Å². The van der Waals surface area contributed by atoms with Gasteiger partial charge in [-0.1, -0.05) is 48.8 Å².